The third kappa shape index (κ3) is 4.51. The number of amides is 3. The fraction of sp³-hybridized carbons (Fsp3) is 0.857. The van der Waals surface area contributed by atoms with Crippen LogP contribution in [0.15, 0.2) is 0 Å². The van der Waals surface area contributed by atoms with Gasteiger partial charge >= 0.3 is 6.03 Å². The van der Waals surface area contributed by atoms with Crippen LogP contribution in [0.5, 0.6) is 0 Å². The van der Waals surface area contributed by atoms with Crippen LogP contribution in [0.2, 0.25) is 0 Å². The molecule has 0 aromatic heterocycles. The number of ether oxygens (including phenoxy) is 1. The predicted molar refractivity (Wildman–Crippen MR) is 83.2 cm³/mol. The van der Waals surface area contributed by atoms with E-state index in [1.165, 1.54) is 12.8 Å². The lowest BCUT2D eigenvalue weighted by molar-refractivity contribution is -0.133. The Balaban J connectivity index is 1.88. The molecule has 1 aliphatic carbocycles. The minimum Gasteiger partial charge on any atom is -0.367 e. The smallest absolute Gasteiger partial charge is 0.317 e. The number of morpholine rings is 1. The summed E-state index contributed by atoms with van der Waals surface area (Å²) in [6, 6.07) is 0.129. The molecule has 0 aromatic rings. The monoisotopic (exact) mass is 315 g/mol. The molecule has 0 bridgehead atoms. The molecule has 7 heteroatoms. The molecule has 1 aliphatic heterocycles. The van der Waals surface area contributed by atoms with Crippen LogP contribution in [-0.2, 0) is 9.53 Å². The van der Waals surface area contributed by atoms with Crippen LogP contribution in [0.25, 0.3) is 0 Å². The molecule has 1 saturated heterocycles. The number of carbonyl (C=O) groups is 2. The maximum absolute atomic E-state index is 12.4. The Morgan fingerprint density at radius 1 is 1.38 bits per heavy atom. The molecule has 0 spiro atoms. The Labute approximate surface area is 130 Å². The maximum atomic E-state index is 12.4. The van der Waals surface area contributed by atoms with Gasteiger partial charge in [-0.05, 0) is 18.6 Å². The van der Waals surface area contributed by atoms with Crippen molar-refractivity contribution in [3.8, 4) is 0 Å². The van der Waals surface area contributed by atoms with Crippen LogP contribution in [0.3, 0.4) is 0 Å². The number of nitrogens with two attached hydrogens (primary N) is 1. The van der Waals surface area contributed by atoms with Gasteiger partial charge in [-0.3, -0.25) is 4.79 Å². The summed E-state index contributed by atoms with van der Waals surface area (Å²) in [7, 11) is 0. The first-order valence-corrected chi connectivity index (χ1v) is 8.74. The van der Waals surface area contributed by atoms with Crippen LogP contribution < -0.4 is 11.1 Å². The second-order valence-electron chi connectivity index (χ2n) is 5.54. The second kappa shape index (κ2) is 7.89. The zero-order chi connectivity index (χ0) is 15.2. The van der Waals surface area contributed by atoms with Gasteiger partial charge in [-0.25, -0.2) is 4.79 Å². The zero-order valence-corrected chi connectivity index (χ0v) is 13.4. The molecule has 6 nitrogen and oxygen atoms in total. The molecule has 120 valence electrons. The summed E-state index contributed by atoms with van der Waals surface area (Å²) in [5.74, 6) is 0.558. The van der Waals surface area contributed by atoms with Gasteiger partial charge in [-0.1, -0.05) is 19.8 Å². The van der Waals surface area contributed by atoms with Crippen LogP contribution in [0.1, 0.15) is 32.6 Å². The fourth-order valence-corrected chi connectivity index (χ4v) is 4.13. The number of rotatable bonds is 4. The highest BCUT2D eigenvalue weighted by Crippen LogP contribution is 2.28. The zero-order valence-electron chi connectivity index (χ0n) is 12.5. The van der Waals surface area contributed by atoms with Gasteiger partial charge in [0.25, 0.3) is 0 Å². The third-order valence-electron chi connectivity index (χ3n) is 4.06. The number of nitrogens with one attached hydrogen (secondary N) is 1. The Bertz CT molecular complexity index is 378. The Kier molecular flexibility index (Phi) is 6.17. The van der Waals surface area contributed by atoms with Crippen LogP contribution in [0.4, 0.5) is 4.79 Å². The highest BCUT2D eigenvalue weighted by molar-refractivity contribution is 7.99. The van der Waals surface area contributed by atoms with E-state index in [-0.39, 0.29) is 18.6 Å². The van der Waals surface area contributed by atoms with E-state index in [0.717, 1.165) is 18.6 Å². The average molecular weight is 315 g/mol. The molecule has 0 unspecified atom stereocenters. The average Bonchev–Trinajstić information content (AvgIpc) is 2.49. The first kappa shape index (κ1) is 16.4. The lowest BCUT2D eigenvalue weighted by Gasteiger charge is -2.36. The van der Waals surface area contributed by atoms with Crippen molar-refractivity contribution in [2.75, 3.05) is 25.4 Å². The van der Waals surface area contributed by atoms with Crippen molar-refractivity contribution in [3.05, 3.63) is 0 Å². The summed E-state index contributed by atoms with van der Waals surface area (Å²) in [6.45, 7) is 3.27. The minimum absolute atomic E-state index is 0.0989. The number of urea groups is 1. The van der Waals surface area contributed by atoms with Gasteiger partial charge < -0.3 is 20.7 Å². The van der Waals surface area contributed by atoms with E-state index < -0.39 is 12.0 Å². The Morgan fingerprint density at radius 3 is 2.86 bits per heavy atom. The normalized spacial score (nSPS) is 30.0. The third-order valence-corrected chi connectivity index (χ3v) is 5.39. The Morgan fingerprint density at radius 2 is 2.14 bits per heavy atom. The summed E-state index contributed by atoms with van der Waals surface area (Å²) in [6.07, 6.45) is 3.92. The van der Waals surface area contributed by atoms with Gasteiger partial charge in [0.15, 0.2) is 6.10 Å². The lowest BCUT2D eigenvalue weighted by atomic mass is 9.95. The van der Waals surface area contributed by atoms with Gasteiger partial charge in [-0.15, -0.1) is 0 Å². The molecule has 3 atom stereocenters. The van der Waals surface area contributed by atoms with E-state index in [4.69, 9.17) is 10.5 Å². The van der Waals surface area contributed by atoms with Gasteiger partial charge in [0.1, 0.15) is 0 Å². The topological polar surface area (TPSA) is 84.7 Å². The maximum Gasteiger partial charge on any atom is 0.317 e. The van der Waals surface area contributed by atoms with Gasteiger partial charge in [0, 0.05) is 17.8 Å². The fourth-order valence-electron chi connectivity index (χ4n) is 2.93. The van der Waals surface area contributed by atoms with Crippen molar-refractivity contribution in [2.45, 2.75) is 50.0 Å². The molecule has 2 fully saturated rings. The van der Waals surface area contributed by atoms with E-state index in [1.54, 1.807) is 4.90 Å². The van der Waals surface area contributed by atoms with Crippen LogP contribution in [-0.4, -0.2) is 59.7 Å². The summed E-state index contributed by atoms with van der Waals surface area (Å²) in [4.78, 5) is 25.2. The molecular weight excluding hydrogens is 290 g/mol. The van der Waals surface area contributed by atoms with Crippen molar-refractivity contribution in [2.24, 2.45) is 5.73 Å². The highest BCUT2D eigenvalue weighted by atomic mass is 32.2. The van der Waals surface area contributed by atoms with Crippen molar-refractivity contribution >= 4 is 23.7 Å². The van der Waals surface area contributed by atoms with E-state index in [0.29, 0.717) is 18.4 Å². The van der Waals surface area contributed by atoms with Crippen molar-refractivity contribution < 1.29 is 14.3 Å². The van der Waals surface area contributed by atoms with Crippen molar-refractivity contribution in [1.82, 2.24) is 10.2 Å². The second-order valence-corrected chi connectivity index (χ2v) is 7.06. The predicted octanol–water partition coefficient (Wildman–Crippen LogP) is 0.946. The molecule has 0 radical (unpaired) electrons. The standard InChI is InChI=1S/C14H25N3O3S/c1-2-21-12-6-4-3-5-10(12)16-14(19)17-7-8-20-11(9-17)13(15)18/h10-12H,2-9H2,1H3,(H2,15,18)(H,16,19)/t10-,11-,12-/m1/s1. The quantitative estimate of drug-likeness (QED) is 0.809. The van der Waals surface area contributed by atoms with Gasteiger partial charge in [-0.2, -0.15) is 11.8 Å². The number of hydrogen-bond donors (Lipinski definition) is 2. The van der Waals surface area contributed by atoms with Crippen molar-refractivity contribution in [3.63, 3.8) is 0 Å². The molecular formula is C14H25N3O3S. The number of nitrogens with zero attached hydrogens (tertiary/aromatic N) is 1. The van der Waals surface area contributed by atoms with E-state index in [2.05, 4.69) is 12.2 Å². The molecule has 2 rings (SSSR count). The van der Waals surface area contributed by atoms with Crippen molar-refractivity contribution in [1.29, 1.82) is 0 Å². The summed E-state index contributed by atoms with van der Waals surface area (Å²) in [5.41, 5.74) is 5.25. The minimum atomic E-state index is -0.684. The van der Waals surface area contributed by atoms with E-state index >= 15 is 0 Å². The first-order chi connectivity index (χ1) is 10.1. The molecule has 21 heavy (non-hydrogen) atoms. The molecule has 1 saturated carbocycles. The number of primary amides is 1. The van der Waals surface area contributed by atoms with Gasteiger partial charge in [0.2, 0.25) is 5.91 Å². The number of carbonyl (C=O) groups excluding carboxylic acids is 2. The molecule has 0 aromatic carbocycles. The van der Waals surface area contributed by atoms with E-state index in [9.17, 15) is 9.59 Å². The number of thioether (sulfide) groups is 1. The Hall–Kier alpha value is -0.950. The molecule has 2 aliphatic rings. The molecule has 3 N–H and O–H groups in total. The van der Waals surface area contributed by atoms with E-state index in [1.807, 2.05) is 11.8 Å². The highest BCUT2D eigenvalue weighted by Gasteiger charge is 2.31. The SMILES string of the molecule is CCS[C@@H]1CCCC[C@H]1NC(=O)N1CCO[C@@H](C(N)=O)C1. The van der Waals surface area contributed by atoms with Crippen LogP contribution >= 0.6 is 11.8 Å². The van der Waals surface area contributed by atoms with Gasteiger partial charge in [0.05, 0.1) is 13.2 Å². The summed E-state index contributed by atoms with van der Waals surface area (Å²) < 4.78 is 5.27. The first-order valence-electron chi connectivity index (χ1n) is 7.69. The number of hydrogen-bond acceptors (Lipinski definition) is 4. The molecule has 1 heterocycles. The summed E-state index contributed by atoms with van der Waals surface area (Å²) >= 11 is 1.92. The lowest BCUT2D eigenvalue weighted by Crippen LogP contribution is -2.56. The molecule has 3 amide bonds. The van der Waals surface area contributed by atoms with Crippen LogP contribution in [0, 0.1) is 0 Å². The summed E-state index contributed by atoms with van der Waals surface area (Å²) in [5, 5.41) is 3.64. The largest absolute Gasteiger partial charge is 0.367 e.